The fourth-order valence-electron chi connectivity index (χ4n) is 6.89. The Kier molecular flexibility index (Phi) is 4.69. The van der Waals surface area contributed by atoms with Crippen molar-refractivity contribution >= 4 is 93.7 Å². The van der Waals surface area contributed by atoms with Gasteiger partial charge in [-0.15, -0.1) is 0 Å². The van der Waals surface area contributed by atoms with Gasteiger partial charge in [0.25, 0.3) is 0 Å². The van der Waals surface area contributed by atoms with Crippen LogP contribution in [0.3, 0.4) is 0 Å². The van der Waals surface area contributed by atoms with Gasteiger partial charge in [0.2, 0.25) is 0 Å². The number of nitrogens with zero attached hydrogens (tertiary/aromatic N) is 1. The molecule has 44 heavy (non-hydrogen) atoms. The molecule has 0 unspecified atom stereocenters. The van der Waals surface area contributed by atoms with E-state index < -0.39 is 0 Å². The molecule has 0 saturated heterocycles. The largest absolute Gasteiger partial charge is 0.456 e. The van der Waals surface area contributed by atoms with Gasteiger partial charge in [0.05, 0.1) is 5.69 Å². The van der Waals surface area contributed by atoms with Gasteiger partial charge in [-0.25, -0.2) is 0 Å². The van der Waals surface area contributed by atoms with Gasteiger partial charge < -0.3 is 18.2 Å². The minimum absolute atomic E-state index is 0.856. The fraction of sp³-hybridized carbons (Fsp3) is 0. The molecule has 7 aromatic carbocycles. The molecule has 0 amide bonds. The van der Waals surface area contributed by atoms with Crippen LogP contribution in [0.25, 0.3) is 76.6 Å². The highest BCUT2D eigenvalue weighted by atomic mass is 16.3. The van der Waals surface area contributed by atoms with Crippen LogP contribution in [0.1, 0.15) is 0 Å². The predicted octanol–water partition coefficient (Wildman–Crippen LogP) is 12.0. The van der Waals surface area contributed by atoms with E-state index in [0.29, 0.717) is 0 Å². The van der Waals surface area contributed by atoms with E-state index in [1.807, 2.05) is 36.4 Å². The third kappa shape index (κ3) is 3.28. The summed E-state index contributed by atoms with van der Waals surface area (Å²) in [5.41, 5.74) is 8.31. The molecular formula is C40H23NO3. The summed E-state index contributed by atoms with van der Waals surface area (Å²) in [7, 11) is 0. The lowest BCUT2D eigenvalue weighted by Crippen LogP contribution is -2.10. The Hall–Kier alpha value is -6.00. The highest BCUT2D eigenvalue weighted by molar-refractivity contribution is 6.22. The summed E-state index contributed by atoms with van der Waals surface area (Å²) in [6, 6.07) is 48.4. The van der Waals surface area contributed by atoms with Crippen LogP contribution in [-0.4, -0.2) is 0 Å². The normalized spacial score (nSPS) is 12.1. The third-order valence-electron chi connectivity index (χ3n) is 8.84. The van der Waals surface area contributed by atoms with Crippen molar-refractivity contribution in [3.63, 3.8) is 0 Å². The Labute approximate surface area is 250 Å². The second-order valence-electron chi connectivity index (χ2n) is 11.3. The van der Waals surface area contributed by atoms with Crippen LogP contribution in [0.2, 0.25) is 0 Å². The van der Waals surface area contributed by atoms with Crippen LogP contribution >= 0.6 is 0 Å². The number of hydrogen-bond acceptors (Lipinski definition) is 4. The topological polar surface area (TPSA) is 42.7 Å². The lowest BCUT2D eigenvalue weighted by atomic mass is 10.0. The first-order valence-electron chi connectivity index (χ1n) is 14.8. The zero-order valence-corrected chi connectivity index (χ0v) is 23.5. The van der Waals surface area contributed by atoms with Crippen molar-refractivity contribution in [1.82, 2.24) is 0 Å². The monoisotopic (exact) mass is 565 g/mol. The minimum Gasteiger partial charge on any atom is -0.456 e. The number of para-hydroxylation sites is 3. The maximum Gasteiger partial charge on any atom is 0.138 e. The number of fused-ring (bicyclic) bond motifs is 11. The van der Waals surface area contributed by atoms with E-state index in [0.717, 1.165) is 93.7 Å². The molecule has 3 aromatic heterocycles. The maximum absolute atomic E-state index is 6.50. The van der Waals surface area contributed by atoms with Crippen molar-refractivity contribution in [3.8, 4) is 0 Å². The fourth-order valence-corrected chi connectivity index (χ4v) is 6.89. The first-order chi connectivity index (χ1) is 21.8. The van der Waals surface area contributed by atoms with Gasteiger partial charge in [0.15, 0.2) is 0 Å². The molecule has 0 radical (unpaired) electrons. The molecule has 4 heteroatoms. The smallest absolute Gasteiger partial charge is 0.138 e. The van der Waals surface area contributed by atoms with E-state index in [1.165, 1.54) is 0 Å². The van der Waals surface area contributed by atoms with Crippen LogP contribution in [0.4, 0.5) is 17.1 Å². The molecule has 206 valence electrons. The molecule has 0 bridgehead atoms. The molecular weight excluding hydrogens is 542 g/mol. The van der Waals surface area contributed by atoms with Gasteiger partial charge in [-0.05, 0) is 60.0 Å². The molecule has 0 aliphatic rings. The van der Waals surface area contributed by atoms with Crippen molar-refractivity contribution in [3.05, 3.63) is 140 Å². The Morgan fingerprint density at radius 1 is 0.318 bits per heavy atom. The number of furan rings is 3. The summed E-state index contributed by atoms with van der Waals surface area (Å²) in [5.74, 6) is 0. The SMILES string of the molecule is c1ccc2c(c1)oc1ccc(N(c3ccc4oc5ccccc5c4c3)c3cc4oc5ccccc5c4c4ccccc34)cc12. The van der Waals surface area contributed by atoms with Gasteiger partial charge in [-0.1, -0.05) is 78.9 Å². The molecule has 0 fully saturated rings. The van der Waals surface area contributed by atoms with Crippen molar-refractivity contribution in [2.45, 2.75) is 0 Å². The van der Waals surface area contributed by atoms with Crippen molar-refractivity contribution in [1.29, 1.82) is 0 Å². The van der Waals surface area contributed by atoms with E-state index in [2.05, 4.69) is 108 Å². The second kappa shape index (κ2) is 8.76. The van der Waals surface area contributed by atoms with Crippen LogP contribution < -0.4 is 4.90 Å². The first-order valence-corrected chi connectivity index (χ1v) is 14.8. The van der Waals surface area contributed by atoms with Gasteiger partial charge >= 0.3 is 0 Å². The Morgan fingerprint density at radius 2 is 0.750 bits per heavy atom. The van der Waals surface area contributed by atoms with Gasteiger partial charge in [-0.2, -0.15) is 0 Å². The number of hydrogen-bond donors (Lipinski definition) is 0. The molecule has 0 saturated carbocycles. The van der Waals surface area contributed by atoms with Crippen LogP contribution in [0.5, 0.6) is 0 Å². The van der Waals surface area contributed by atoms with Gasteiger partial charge in [0, 0.05) is 55.1 Å². The molecule has 4 nitrogen and oxygen atoms in total. The van der Waals surface area contributed by atoms with E-state index >= 15 is 0 Å². The summed E-state index contributed by atoms with van der Waals surface area (Å²) in [5, 5.41) is 8.89. The summed E-state index contributed by atoms with van der Waals surface area (Å²) >= 11 is 0. The second-order valence-corrected chi connectivity index (χ2v) is 11.3. The summed E-state index contributed by atoms with van der Waals surface area (Å²) in [6.07, 6.45) is 0. The summed E-state index contributed by atoms with van der Waals surface area (Å²) in [6.45, 7) is 0. The molecule has 10 aromatic rings. The zero-order chi connectivity index (χ0) is 28.8. The van der Waals surface area contributed by atoms with E-state index in [1.54, 1.807) is 0 Å². The van der Waals surface area contributed by atoms with Crippen LogP contribution in [-0.2, 0) is 0 Å². The molecule has 0 aliphatic heterocycles. The van der Waals surface area contributed by atoms with Crippen molar-refractivity contribution < 1.29 is 13.3 Å². The Morgan fingerprint density at radius 3 is 1.34 bits per heavy atom. The zero-order valence-electron chi connectivity index (χ0n) is 23.5. The summed E-state index contributed by atoms with van der Waals surface area (Å²) in [4.78, 5) is 2.33. The molecule has 10 rings (SSSR count). The lowest BCUT2D eigenvalue weighted by Gasteiger charge is -2.27. The molecule has 0 aliphatic carbocycles. The van der Waals surface area contributed by atoms with E-state index in [4.69, 9.17) is 13.3 Å². The van der Waals surface area contributed by atoms with Gasteiger partial charge in [-0.3, -0.25) is 0 Å². The van der Waals surface area contributed by atoms with E-state index in [9.17, 15) is 0 Å². The Bertz CT molecular complexity index is 2630. The third-order valence-corrected chi connectivity index (χ3v) is 8.84. The van der Waals surface area contributed by atoms with Crippen molar-refractivity contribution in [2.75, 3.05) is 4.90 Å². The predicted molar refractivity (Wildman–Crippen MR) is 180 cm³/mol. The van der Waals surface area contributed by atoms with Crippen molar-refractivity contribution in [2.24, 2.45) is 0 Å². The maximum atomic E-state index is 6.50. The quantitative estimate of drug-likeness (QED) is 0.214. The average molecular weight is 566 g/mol. The van der Waals surface area contributed by atoms with Crippen LogP contribution in [0.15, 0.2) is 153 Å². The number of anilines is 3. The van der Waals surface area contributed by atoms with Gasteiger partial charge in [0.1, 0.15) is 33.5 Å². The number of benzene rings is 7. The molecule has 3 heterocycles. The average Bonchev–Trinajstić information content (AvgIpc) is 3.76. The minimum atomic E-state index is 0.856. The molecule has 0 atom stereocenters. The van der Waals surface area contributed by atoms with E-state index in [-0.39, 0.29) is 0 Å². The highest BCUT2D eigenvalue weighted by Gasteiger charge is 2.22. The standard InChI is InChI=1S/C40H23NO3/c1-2-12-29-26(9-1)33(23-39-40(29)30-13-5-8-16-36(30)44-39)41(24-17-19-37-31(21-24)27-10-3-6-14-34(27)42-37)25-18-20-38-32(22-25)28-11-4-7-15-35(28)43-38/h1-23H. The lowest BCUT2D eigenvalue weighted by molar-refractivity contribution is 0.668. The van der Waals surface area contributed by atoms with Crippen LogP contribution in [0, 0.1) is 0 Å². The molecule has 0 N–H and O–H groups in total. The number of rotatable bonds is 3. The molecule has 0 spiro atoms. The first kappa shape index (κ1) is 23.6. The highest BCUT2D eigenvalue weighted by Crippen LogP contribution is 2.46. The Balaban J connectivity index is 1.32. The summed E-state index contributed by atoms with van der Waals surface area (Å²) < 4.78 is 18.9.